The molecule has 126 valence electrons. The van der Waals surface area contributed by atoms with Crippen molar-refractivity contribution < 1.29 is 14.3 Å². The van der Waals surface area contributed by atoms with Gasteiger partial charge in [0.25, 0.3) is 11.8 Å². The number of para-hydroxylation sites is 1. The molecule has 0 aromatic heterocycles. The van der Waals surface area contributed by atoms with Crippen LogP contribution in [0, 0.1) is 0 Å². The Labute approximate surface area is 145 Å². The predicted molar refractivity (Wildman–Crippen MR) is 93.3 cm³/mol. The maximum absolute atomic E-state index is 13.2. The number of fused-ring (bicyclic) bond motifs is 3. The van der Waals surface area contributed by atoms with Crippen molar-refractivity contribution in [3.63, 3.8) is 0 Å². The molecule has 2 heterocycles. The zero-order valence-corrected chi connectivity index (χ0v) is 13.7. The zero-order chi connectivity index (χ0) is 17.0. The van der Waals surface area contributed by atoms with Crippen molar-refractivity contribution in [3.05, 3.63) is 59.2 Å². The average Bonchev–Trinajstić information content (AvgIpc) is 3.38. The molecule has 1 aliphatic carbocycles. The Hall–Kier alpha value is -2.82. The maximum Gasteiger partial charge on any atom is 0.258 e. The van der Waals surface area contributed by atoms with Gasteiger partial charge in [-0.15, -0.1) is 0 Å². The van der Waals surface area contributed by atoms with Crippen LogP contribution in [0.2, 0.25) is 0 Å². The molecule has 0 saturated heterocycles. The smallest absolute Gasteiger partial charge is 0.258 e. The predicted octanol–water partition coefficient (Wildman–Crippen LogP) is 2.50. The number of hydrogen-bond donors (Lipinski definition) is 1. The number of anilines is 1. The molecule has 2 amide bonds. The van der Waals surface area contributed by atoms with Gasteiger partial charge in [-0.1, -0.05) is 18.2 Å². The molecule has 2 aromatic rings. The van der Waals surface area contributed by atoms with Crippen LogP contribution in [0.3, 0.4) is 0 Å². The van der Waals surface area contributed by atoms with Crippen molar-refractivity contribution in [3.8, 4) is 5.75 Å². The lowest BCUT2D eigenvalue weighted by Crippen LogP contribution is -2.31. The second-order valence-corrected chi connectivity index (χ2v) is 7.00. The molecular weight excluding hydrogens is 316 g/mol. The van der Waals surface area contributed by atoms with E-state index in [1.165, 1.54) is 5.56 Å². The number of rotatable bonds is 1. The SMILES string of the molecule is O=C1NCCOc2ccc(C(=O)N3CC4(CC4)c4ccccc43)cc21. The van der Waals surface area contributed by atoms with Gasteiger partial charge in [-0.2, -0.15) is 0 Å². The summed E-state index contributed by atoms with van der Waals surface area (Å²) in [6, 6.07) is 13.3. The summed E-state index contributed by atoms with van der Waals surface area (Å²) < 4.78 is 5.57. The topological polar surface area (TPSA) is 58.6 Å². The van der Waals surface area contributed by atoms with Crippen LogP contribution >= 0.6 is 0 Å². The molecular formula is C20H18N2O3. The van der Waals surface area contributed by atoms with E-state index >= 15 is 0 Å². The number of amides is 2. The number of nitrogens with zero attached hydrogens (tertiary/aromatic N) is 1. The lowest BCUT2D eigenvalue weighted by molar-refractivity contribution is 0.0957. The van der Waals surface area contributed by atoms with Gasteiger partial charge < -0.3 is 15.0 Å². The largest absolute Gasteiger partial charge is 0.491 e. The van der Waals surface area contributed by atoms with Crippen molar-refractivity contribution in [2.45, 2.75) is 18.3 Å². The molecule has 0 bridgehead atoms. The van der Waals surface area contributed by atoms with Gasteiger partial charge in [0.05, 0.1) is 12.1 Å². The summed E-state index contributed by atoms with van der Waals surface area (Å²) in [6.45, 7) is 1.64. The van der Waals surface area contributed by atoms with Gasteiger partial charge in [-0.05, 0) is 42.7 Å². The van der Waals surface area contributed by atoms with Gasteiger partial charge in [-0.3, -0.25) is 9.59 Å². The van der Waals surface area contributed by atoms with Gasteiger partial charge >= 0.3 is 0 Å². The molecule has 5 rings (SSSR count). The molecule has 1 fully saturated rings. The number of nitrogens with one attached hydrogen (secondary N) is 1. The Kier molecular flexibility index (Phi) is 2.95. The molecule has 0 radical (unpaired) electrons. The van der Waals surface area contributed by atoms with Crippen LogP contribution in [0.25, 0.3) is 0 Å². The summed E-state index contributed by atoms with van der Waals surface area (Å²) in [5, 5.41) is 2.79. The summed E-state index contributed by atoms with van der Waals surface area (Å²) in [6.07, 6.45) is 2.27. The fourth-order valence-corrected chi connectivity index (χ4v) is 3.93. The Morgan fingerprint density at radius 1 is 1.16 bits per heavy atom. The zero-order valence-electron chi connectivity index (χ0n) is 13.7. The first-order chi connectivity index (χ1) is 12.2. The van der Waals surface area contributed by atoms with Crippen LogP contribution in [-0.2, 0) is 5.41 Å². The molecule has 25 heavy (non-hydrogen) atoms. The van der Waals surface area contributed by atoms with Gasteiger partial charge in [-0.25, -0.2) is 0 Å². The first kappa shape index (κ1) is 14.5. The molecule has 0 unspecified atom stereocenters. The first-order valence-electron chi connectivity index (χ1n) is 8.64. The van der Waals surface area contributed by atoms with E-state index in [0.29, 0.717) is 30.0 Å². The number of benzene rings is 2. The Morgan fingerprint density at radius 3 is 2.84 bits per heavy atom. The first-order valence-corrected chi connectivity index (χ1v) is 8.64. The van der Waals surface area contributed by atoms with E-state index in [1.807, 2.05) is 23.1 Å². The third kappa shape index (κ3) is 2.15. The quantitative estimate of drug-likeness (QED) is 0.872. The molecule has 2 aromatic carbocycles. The summed E-state index contributed by atoms with van der Waals surface area (Å²) >= 11 is 0. The van der Waals surface area contributed by atoms with Crippen LogP contribution in [0.4, 0.5) is 5.69 Å². The number of ether oxygens (including phenoxy) is 1. The molecule has 1 saturated carbocycles. The van der Waals surface area contributed by atoms with E-state index in [4.69, 9.17) is 4.74 Å². The number of hydrogen-bond acceptors (Lipinski definition) is 3. The third-order valence-corrected chi connectivity index (χ3v) is 5.44. The van der Waals surface area contributed by atoms with Crippen LogP contribution in [0.1, 0.15) is 39.1 Å². The van der Waals surface area contributed by atoms with Gasteiger partial charge in [0.1, 0.15) is 12.4 Å². The van der Waals surface area contributed by atoms with Crippen molar-refractivity contribution in [2.24, 2.45) is 0 Å². The van der Waals surface area contributed by atoms with E-state index in [1.54, 1.807) is 18.2 Å². The molecule has 0 atom stereocenters. The van der Waals surface area contributed by atoms with Crippen LogP contribution in [0.15, 0.2) is 42.5 Å². The fourth-order valence-electron chi connectivity index (χ4n) is 3.93. The highest BCUT2D eigenvalue weighted by Gasteiger charge is 2.52. The minimum atomic E-state index is -0.192. The van der Waals surface area contributed by atoms with Gasteiger partial charge in [0.2, 0.25) is 0 Å². The monoisotopic (exact) mass is 334 g/mol. The highest BCUT2D eigenvalue weighted by Crippen LogP contribution is 2.56. The summed E-state index contributed by atoms with van der Waals surface area (Å²) in [5.41, 5.74) is 3.38. The van der Waals surface area contributed by atoms with Crippen molar-refractivity contribution in [1.82, 2.24) is 5.32 Å². The van der Waals surface area contributed by atoms with Crippen LogP contribution < -0.4 is 15.0 Å². The molecule has 3 aliphatic rings. The van der Waals surface area contributed by atoms with Crippen LogP contribution in [-0.4, -0.2) is 31.5 Å². The van der Waals surface area contributed by atoms with E-state index in [-0.39, 0.29) is 17.2 Å². The Balaban J connectivity index is 1.53. The lowest BCUT2D eigenvalue weighted by atomic mass is 9.99. The maximum atomic E-state index is 13.2. The van der Waals surface area contributed by atoms with Gasteiger partial charge in [0, 0.05) is 23.2 Å². The Bertz CT molecular complexity index is 902. The number of carbonyl (C=O) groups is 2. The molecule has 2 aliphatic heterocycles. The van der Waals surface area contributed by atoms with E-state index < -0.39 is 0 Å². The molecule has 5 nitrogen and oxygen atoms in total. The standard InChI is InChI=1S/C20H18N2O3/c23-18-14-11-13(5-6-17(14)25-10-9-21-18)19(24)22-12-20(7-8-20)15-3-1-2-4-16(15)22/h1-6,11H,7-10,12H2,(H,21,23). The fraction of sp³-hybridized carbons (Fsp3) is 0.300. The highest BCUT2D eigenvalue weighted by atomic mass is 16.5. The van der Waals surface area contributed by atoms with Crippen LogP contribution in [0.5, 0.6) is 5.75 Å². The normalized spacial score (nSPS) is 19.5. The molecule has 5 heteroatoms. The van der Waals surface area contributed by atoms with Crippen molar-refractivity contribution in [2.75, 3.05) is 24.6 Å². The Morgan fingerprint density at radius 2 is 2.00 bits per heavy atom. The summed E-state index contributed by atoms with van der Waals surface area (Å²) in [5.74, 6) is 0.283. The minimum Gasteiger partial charge on any atom is -0.491 e. The highest BCUT2D eigenvalue weighted by molar-refractivity contribution is 6.09. The van der Waals surface area contributed by atoms with Crippen molar-refractivity contribution in [1.29, 1.82) is 0 Å². The van der Waals surface area contributed by atoms with E-state index in [0.717, 1.165) is 25.1 Å². The molecule has 1 spiro atoms. The third-order valence-electron chi connectivity index (χ3n) is 5.44. The lowest BCUT2D eigenvalue weighted by Gasteiger charge is -2.18. The molecule has 1 N–H and O–H groups in total. The second kappa shape index (κ2) is 5.09. The summed E-state index contributed by atoms with van der Waals surface area (Å²) in [7, 11) is 0. The second-order valence-electron chi connectivity index (χ2n) is 7.00. The van der Waals surface area contributed by atoms with E-state index in [9.17, 15) is 9.59 Å². The summed E-state index contributed by atoms with van der Waals surface area (Å²) in [4.78, 5) is 27.2. The number of carbonyl (C=O) groups excluding carboxylic acids is 2. The van der Waals surface area contributed by atoms with Crippen molar-refractivity contribution >= 4 is 17.5 Å². The van der Waals surface area contributed by atoms with E-state index in [2.05, 4.69) is 11.4 Å². The minimum absolute atomic E-state index is 0.0592. The van der Waals surface area contributed by atoms with Gasteiger partial charge in [0.15, 0.2) is 0 Å². The average molecular weight is 334 g/mol.